The molecule has 0 fully saturated rings. The standard InChI is InChI=1S/C18H13N5.C2HF3O2/c19-9-13-2-1-3-14(8-13)11-23-12-15(10-22-23)16-4-6-20-18-17(16)5-7-21-18;3-2(4,5)1(6)7/h1-8,10,12H,11H2,(H,20,21);(H,6,7). The molecule has 0 amide bonds. The maximum atomic E-state index is 10.6. The Morgan fingerprint density at radius 1 is 1.27 bits per heavy atom. The zero-order chi connectivity index (χ0) is 21.7. The number of nitrogens with one attached hydrogen (secondary N) is 1. The molecule has 3 heterocycles. The van der Waals surface area contributed by atoms with Crippen LogP contribution in [0.4, 0.5) is 13.2 Å². The Morgan fingerprint density at radius 3 is 2.73 bits per heavy atom. The van der Waals surface area contributed by atoms with Gasteiger partial charge in [0.15, 0.2) is 0 Å². The van der Waals surface area contributed by atoms with E-state index >= 15 is 0 Å². The average molecular weight is 413 g/mol. The van der Waals surface area contributed by atoms with Gasteiger partial charge in [0, 0.05) is 29.5 Å². The number of H-pyrrole nitrogens is 1. The molecule has 1 aromatic carbocycles. The second-order valence-corrected chi connectivity index (χ2v) is 6.14. The topological polar surface area (TPSA) is 108 Å². The summed E-state index contributed by atoms with van der Waals surface area (Å²) >= 11 is 0. The molecule has 0 radical (unpaired) electrons. The van der Waals surface area contributed by atoms with Crippen LogP contribution in [0.2, 0.25) is 0 Å². The van der Waals surface area contributed by atoms with Gasteiger partial charge < -0.3 is 10.1 Å². The first kappa shape index (κ1) is 20.6. The lowest BCUT2D eigenvalue weighted by molar-refractivity contribution is -0.192. The number of carboxylic acids is 1. The van der Waals surface area contributed by atoms with Crippen molar-refractivity contribution in [3.63, 3.8) is 0 Å². The smallest absolute Gasteiger partial charge is 0.475 e. The number of nitrogens with zero attached hydrogens (tertiary/aromatic N) is 4. The van der Waals surface area contributed by atoms with Crippen LogP contribution in [-0.4, -0.2) is 37.0 Å². The lowest BCUT2D eigenvalue weighted by Gasteiger charge is -2.02. The molecular formula is C20H14F3N5O2. The molecule has 10 heteroatoms. The predicted molar refractivity (Wildman–Crippen MR) is 101 cm³/mol. The highest BCUT2D eigenvalue weighted by molar-refractivity contribution is 5.92. The van der Waals surface area contributed by atoms with Crippen LogP contribution < -0.4 is 0 Å². The van der Waals surface area contributed by atoms with E-state index in [1.165, 1.54) is 0 Å². The Hall–Kier alpha value is -4.13. The van der Waals surface area contributed by atoms with Gasteiger partial charge in [-0.3, -0.25) is 4.68 Å². The number of alkyl halides is 3. The van der Waals surface area contributed by atoms with Crippen LogP contribution in [0.3, 0.4) is 0 Å². The van der Waals surface area contributed by atoms with E-state index in [9.17, 15) is 13.2 Å². The van der Waals surface area contributed by atoms with E-state index in [1.54, 1.807) is 12.3 Å². The minimum atomic E-state index is -5.08. The van der Waals surface area contributed by atoms with E-state index in [1.807, 2.05) is 53.6 Å². The number of pyridine rings is 1. The average Bonchev–Trinajstić information content (AvgIpc) is 3.37. The fraction of sp³-hybridized carbons (Fsp3) is 0.100. The molecule has 30 heavy (non-hydrogen) atoms. The molecule has 0 saturated heterocycles. The van der Waals surface area contributed by atoms with Gasteiger partial charge in [-0.25, -0.2) is 9.78 Å². The van der Waals surface area contributed by atoms with Gasteiger partial charge in [0.05, 0.1) is 24.4 Å². The maximum absolute atomic E-state index is 10.6. The first-order chi connectivity index (χ1) is 14.3. The van der Waals surface area contributed by atoms with Crippen LogP contribution in [0, 0.1) is 11.3 Å². The summed E-state index contributed by atoms with van der Waals surface area (Å²) in [7, 11) is 0. The third-order valence-corrected chi connectivity index (χ3v) is 4.05. The quantitative estimate of drug-likeness (QED) is 0.528. The van der Waals surface area contributed by atoms with Crippen molar-refractivity contribution in [2.75, 3.05) is 0 Å². The van der Waals surface area contributed by atoms with E-state index < -0.39 is 12.1 Å². The van der Waals surface area contributed by atoms with Crippen molar-refractivity contribution in [1.82, 2.24) is 19.7 Å². The van der Waals surface area contributed by atoms with E-state index in [2.05, 4.69) is 21.1 Å². The molecule has 4 aromatic rings. The third-order valence-electron chi connectivity index (χ3n) is 4.05. The van der Waals surface area contributed by atoms with Gasteiger partial charge in [0.1, 0.15) is 5.65 Å². The number of aromatic amines is 1. The number of aromatic nitrogens is 4. The Morgan fingerprint density at radius 2 is 2.03 bits per heavy atom. The Labute approximate surface area is 168 Å². The van der Waals surface area contributed by atoms with E-state index in [-0.39, 0.29) is 0 Å². The molecule has 0 unspecified atom stereocenters. The highest BCUT2D eigenvalue weighted by Gasteiger charge is 2.38. The molecular weight excluding hydrogens is 399 g/mol. The highest BCUT2D eigenvalue weighted by Crippen LogP contribution is 2.26. The summed E-state index contributed by atoms with van der Waals surface area (Å²) in [5.41, 5.74) is 4.75. The number of benzene rings is 1. The van der Waals surface area contributed by atoms with Crippen molar-refractivity contribution in [3.05, 3.63) is 72.3 Å². The molecule has 0 spiro atoms. The van der Waals surface area contributed by atoms with Gasteiger partial charge in [-0.1, -0.05) is 12.1 Å². The van der Waals surface area contributed by atoms with Gasteiger partial charge >= 0.3 is 12.1 Å². The van der Waals surface area contributed by atoms with Gasteiger partial charge in [-0.15, -0.1) is 0 Å². The molecule has 152 valence electrons. The normalized spacial score (nSPS) is 10.9. The van der Waals surface area contributed by atoms with Gasteiger partial charge in [-0.2, -0.15) is 23.5 Å². The van der Waals surface area contributed by atoms with Crippen molar-refractivity contribution in [3.8, 4) is 17.2 Å². The summed E-state index contributed by atoms with van der Waals surface area (Å²) < 4.78 is 33.6. The minimum absolute atomic E-state index is 0.636. The lowest BCUT2D eigenvalue weighted by Crippen LogP contribution is -2.21. The number of hydrogen-bond acceptors (Lipinski definition) is 4. The summed E-state index contributed by atoms with van der Waals surface area (Å²) in [6.07, 6.45) is 2.47. The summed E-state index contributed by atoms with van der Waals surface area (Å²) in [6, 6.07) is 13.8. The molecule has 0 aliphatic heterocycles. The SMILES string of the molecule is N#Cc1cccc(Cn2cc(-c3ccnc4[nH]ccc34)cn2)c1.O=C(O)C(F)(F)F. The number of rotatable bonds is 3. The Bertz CT molecular complexity index is 1220. The van der Waals surface area contributed by atoms with E-state index in [4.69, 9.17) is 15.2 Å². The summed E-state index contributed by atoms with van der Waals surface area (Å²) in [6.45, 7) is 0.636. The molecule has 0 saturated carbocycles. The molecule has 0 bridgehead atoms. The highest BCUT2D eigenvalue weighted by atomic mass is 19.4. The number of hydrogen-bond donors (Lipinski definition) is 2. The van der Waals surface area contributed by atoms with Crippen LogP contribution in [-0.2, 0) is 11.3 Å². The van der Waals surface area contributed by atoms with Crippen molar-refractivity contribution in [2.24, 2.45) is 0 Å². The van der Waals surface area contributed by atoms with Crippen molar-refractivity contribution >= 4 is 17.0 Å². The molecule has 3 aromatic heterocycles. The lowest BCUT2D eigenvalue weighted by atomic mass is 10.1. The molecule has 7 nitrogen and oxygen atoms in total. The zero-order valence-corrected chi connectivity index (χ0v) is 15.3. The molecule has 0 aliphatic carbocycles. The summed E-state index contributed by atoms with van der Waals surface area (Å²) in [5.74, 6) is -2.76. The van der Waals surface area contributed by atoms with E-state index in [0.29, 0.717) is 12.1 Å². The second kappa shape index (κ2) is 8.48. The molecule has 0 aliphatic rings. The van der Waals surface area contributed by atoms with Crippen LogP contribution in [0.5, 0.6) is 0 Å². The van der Waals surface area contributed by atoms with Crippen LogP contribution in [0.1, 0.15) is 11.1 Å². The van der Waals surface area contributed by atoms with Gasteiger partial charge in [0.2, 0.25) is 0 Å². The number of carbonyl (C=O) groups is 1. The van der Waals surface area contributed by atoms with E-state index in [0.717, 1.165) is 27.7 Å². The first-order valence-corrected chi connectivity index (χ1v) is 8.52. The van der Waals surface area contributed by atoms with Crippen molar-refractivity contribution in [2.45, 2.75) is 12.7 Å². The third kappa shape index (κ3) is 4.82. The van der Waals surface area contributed by atoms with Crippen LogP contribution >= 0.6 is 0 Å². The number of fused-ring (bicyclic) bond motifs is 1. The number of carboxylic acid groups (broad SMARTS) is 1. The molecule has 4 rings (SSSR count). The molecule has 2 N–H and O–H groups in total. The second-order valence-electron chi connectivity index (χ2n) is 6.14. The van der Waals surface area contributed by atoms with Gasteiger partial charge in [-0.05, 0) is 35.4 Å². The Balaban J connectivity index is 0.000000318. The number of nitriles is 1. The minimum Gasteiger partial charge on any atom is -0.475 e. The largest absolute Gasteiger partial charge is 0.490 e. The fourth-order valence-corrected chi connectivity index (χ4v) is 2.73. The summed E-state index contributed by atoms with van der Waals surface area (Å²) in [4.78, 5) is 16.3. The number of aliphatic carboxylic acids is 1. The van der Waals surface area contributed by atoms with Crippen LogP contribution in [0.15, 0.2) is 61.2 Å². The van der Waals surface area contributed by atoms with Gasteiger partial charge in [0.25, 0.3) is 0 Å². The first-order valence-electron chi connectivity index (χ1n) is 8.52. The maximum Gasteiger partial charge on any atom is 0.490 e. The molecule has 0 atom stereocenters. The van der Waals surface area contributed by atoms with Crippen LogP contribution in [0.25, 0.3) is 22.2 Å². The monoisotopic (exact) mass is 413 g/mol. The zero-order valence-electron chi connectivity index (χ0n) is 15.3. The van der Waals surface area contributed by atoms with Crippen molar-refractivity contribution < 1.29 is 23.1 Å². The Kier molecular flexibility index (Phi) is 5.83. The number of halogens is 3. The van der Waals surface area contributed by atoms with Crippen molar-refractivity contribution in [1.29, 1.82) is 5.26 Å². The fourth-order valence-electron chi connectivity index (χ4n) is 2.73. The summed E-state index contributed by atoms with van der Waals surface area (Å²) in [5, 5.41) is 21.6. The predicted octanol–water partition coefficient (Wildman–Crippen LogP) is 3.98.